The summed E-state index contributed by atoms with van der Waals surface area (Å²) in [5.41, 5.74) is 0.887. The molecule has 0 saturated carbocycles. The highest BCUT2D eigenvalue weighted by Gasteiger charge is 2.04. The number of thiazole rings is 1. The third kappa shape index (κ3) is 4.39. The van der Waals surface area contributed by atoms with Crippen LogP contribution in [0.1, 0.15) is 26.3 Å². The summed E-state index contributed by atoms with van der Waals surface area (Å²) in [4.78, 5) is 37.8. The fourth-order valence-corrected chi connectivity index (χ4v) is 3.23. The summed E-state index contributed by atoms with van der Waals surface area (Å²) < 4.78 is 5.89. The Bertz CT molecular complexity index is 1150. The number of ketones is 1. The second-order valence-corrected chi connectivity index (χ2v) is 6.66. The third-order valence-electron chi connectivity index (χ3n) is 3.76. The van der Waals surface area contributed by atoms with Crippen LogP contribution in [-0.4, -0.2) is 23.8 Å². The first-order chi connectivity index (χ1) is 13.0. The van der Waals surface area contributed by atoms with Crippen LogP contribution in [-0.2, 0) is 0 Å². The molecule has 7 heteroatoms. The van der Waals surface area contributed by atoms with Crippen molar-refractivity contribution in [1.82, 2.24) is 4.98 Å². The lowest BCUT2D eigenvalue weighted by Crippen LogP contribution is -2.22. The number of aromatic amines is 1. The molecule has 27 heavy (non-hydrogen) atoms. The number of methoxy groups -OCH3 is 1. The van der Waals surface area contributed by atoms with Gasteiger partial charge in [-0.05, 0) is 41.5 Å². The van der Waals surface area contributed by atoms with E-state index in [1.54, 1.807) is 49.6 Å². The van der Waals surface area contributed by atoms with Crippen molar-refractivity contribution in [2.24, 2.45) is 0 Å². The zero-order chi connectivity index (χ0) is 19.4. The average Bonchev–Trinajstić information content (AvgIpc) is 3.01. The molecule has 0 aliphatic rings. The Morgan fingerprint density at radius 1 is 1.04 bits per heavy atom. The van der Waals surface area contributed by atoms with E-state index < -0.39 is 5.97 Å². The number of carbonyl (C=O) groups is 2. The van der Waals surface area contributed by atoms with Gasteiger partial charge in [-0.15, -0.1) is 11.3 Å². The molecule has 0 spiro atoms. The van der Waals surface area contributed by atoms with Gasteiger partial charge in [0, 0.05) is 11.6 Å². The highest BCUT2D eigenvalue weighted by Crippen LogP contribution is 2.12. The van der Waals surface area contributed by atoms with Crippen LogP contribution >= 0.6 is 11.3 Å². The normalized spacial score (nSPS) is 12.2. The molecule has 0 radical (unpaired) electrons. The molecule has 3 rings (SSSR count). The maximum atomic E-state index is 12.3. The molecule has 0 saturated heterocycles. The van der Waals surface area contributed by atoms with Crippen molar-refractivity contribution in [2.75, 3.05) is 7.11 Å². The summed E-state index contributed by atoms with van der Waals surface area (Å²) in [5, 5.41) is 10.8. The van der Waals surface area contributed by atoms with Crippen LogP contribution in [0.2, 0.25) is 0 Å². The van der Waals surface area contributed by atoms with Crippen LogP contribution in [0.25, 0.3) is 12.2 Å². The predicted octanol–water partition coefficient (Wildman–Crippen LogP) is 0.301. The summed E-state index contributed by atoms with van der Waals surface area (Å²) in [7, 11) is 1.55. The standard InChI is InChI=1S/C20H15NO5S/c1-26-15-8-6-13(7-9-15)16(22)11-18-21-19(23)17(27-18)10-12-2-4-14(5-3-12)20(24)25/h2-11H,1H3,(H,21,23)(H,24,25)/p-1/b17-10+,18-11+. The molecule has 1 N–H and O–H groups in total. The van der Waals surface area contributed by atoms with Crippen LogP contribution < -0.4 is 24.6 Å². The van der Waals surface area contributed by atoms with Crippen molar-refractivity contribution in [1.29, 1.82) is 0 Å². The Hall–Kier alpha value is -3.45. The van der Waals surface area contributed by atoms with Gasteiger partial charge < -0.3 is 19.6 Å². The van der Waals surface area contributed by atoms with Crippen molar-refractivity contribution < 1.29 is 19.4 Å². The average molecular weight is 380 g/mol. The van der Waals surface area contributed by atoms with E-state index in [1.165, 1.54) is 18.2 Å². The van der Waals surface area contributed by atoms with Gasteiger partial charge >= 0.3 is 0 Å². The van der Waals surface area contributed by atoms with E-state index in [-0.39, 0.29) is 16.9 Å². The summed E-state index contributed by atoms with van der Waals surface area (Å²) in [6, 6.07) is 12.6. The molecule has 0 bridgehead atoms. The fraction of sp³-hybridized carbons (Fsp3) is 0.0500. The molecular formula is C20H14NO5S-. The van der Waals surface area contributed by atoms with Crippen LogP contribution in [0.4, 0.5) is 0 Å². The SMILES string of the molecule is COc1ccc(C(=O)/C=c2\[nH]c(=O)/c(=C\c3ccc(C(=O)[O-])cc3)s2)cc1. The van der Waals surface area contributed by atoms with Crippen molar-refractivity contribution in [2.45, 2.75) is 0 Å². The highest BCUT2D eigenvalue weighted by molar-refractivity contribution is 7.07. The van der Waals surface area contributed by atoms with Crippen LogP contribution in [0.5, 0.6) is 5.75 Å². The van der Waals surface area contributed by atoms with E-state index in [2.05, 4.69) is 4.98 Å². The maximum absolute atomic E-state index is 12.3. The molecule has 1 aromatic heterocycles. The topological polar surface area (TPSA) is 99.3 Å². The van der Waals surface area contributed by atoms with Gasteiger partial charge in [-0.25, -0.2) is 0 Å². The Labute approximate surface area is 157 Å². The summed E-state index contributed by atoms with van der Waals surface area (Å²) >= 11 is 1.14. The van der Waals surface area contributed by atoms with Crippen molar-refractivity contribution in [3.63, 3.8) is 0 Å². The quantitative estimate of drug-likeness (QED) is 0.642. The van der Waals surface area contributed by atoms with Gasteiger partial charge in [0.05, 0.1) is 22.3 Å². The second-order valence-electron chi connectivity index (χ2n) is 5.58. The lowest BCUT2D eigenvalue weighted by atomic mass is 10.1. The Kier molecular flexibility index (Phi) is 5.33. The molecule has 0 fully saturated rings. The summed E-state index contributed by atoms with van der Waals surface area (Å²) in [6.45, 7) is 0. The number of rotatable bonds is 5. The number of hydrogen-bond acceptors (Lipinski definition) is 6. The lowest BCUT2D eigenvalue weighted by Gasteiger charge is -2.01. The largest absolute Gasteiger partial charge is 0.545 e. The van der Waals surface area contributed by atoms with E-state index in [4.69, 9.17) is 4.74 Å². The number of carboxylic acids is 1. The van der Waals surface area contributed by atoms with E-state index in [0.717, 1.165) is 11.3 Å². The van der Waals surface area contributed by atoms with Gasteiger partial charge in [-0.2, -0.15) is 0 Å². The van der Waals surface area contributed by atoms with Crippen LogP contribution in [0, 0.1) is 0 Å². The minimum absolute atomic E-state index is 0.0614. The molecular weight excluding hydrogens is 366 g/mol. The van der Waals surface area contributed by atoms with E-state index in [1.807, 2.05) is 0 Å². The van der Waals surface area contributed by atoms with E-state index in [9.17, 15) is 19.5 Å². The number of aromatic nitrogens is 1. The van der Waals surface area contributed by atoms with Gasteiger partial charge in [0.15, 0.2) is 5.78 Å². The zero-order valence-corrected chi connectivity index (χ0v) is 15.0. The number of H-pyrrole nitrogens is 1. The fourth-order valence-electron chi connectivity index (χ4n) is 2.35. The van der Waals surface area contributed by atoms with Gasteiger partial charge in [0.1, 0.15) is 5.75 Å². The third-order valence-corrected chi connectivity index (χ3v) is 4.72. The molecule has 3 aromatic rings. The molecule has 0 amide bonds. The number of nitrogens with one attached hydrogen (secondary N) is 1. The van der Waals surface area contributed by atoms with E-state index in [0.29, 0.717) is 26.1 Å². The number of Topliss-reactive ketones (excluding diaryl/α,β-unsaturated/α-hetero) is 1. The predicted molar refractivity (Wildman–Crippen MR) is 100 cm³/mol. The molecule has 0 unspecified atom stereocenters. The number of ether oxygens (including phenoxy) is 1. The van der Waals surface area contributed by atoms with Crippen LogP contribution in [0.15, 0.2) is 53.3 Å². The minimum Gasteiger partial charge on any atom is -0.545 e. The summed E-state index contributed by atoms with van der Waals surface area (Å²) in [5.74, 6) is -0.845. The second kappa shape index (κ2) is 7.84. The highest BCUT2D eigenvalue weighted by atomic mass is 32.1. The molecule has 0 aliphatic heterocycles. The number of carbonyl (C=O) groups excluding carboxylic acids is 2. The smallest absolute Gasteiger partial charge is 0.266 e. The van der Waals surface area contributed by atoms with Crippen molar-refractivity contribution in [3.05, 3.63) is 84.8 Å². The number of aromatic carboxylic acids is 1. The Morgan fingerprint density at radius 3 is 2.26 bits per heavy atom. The Balaban J connectivity index is 1.90. The first-order valence-electron chi connectivity index (χ1n) is 7.88. The lowest BCUT2D eigenvalue weighted by molar-refractivity contribution is -0.255. The monoisotopic (exact) mass is 380 g/mol. The molecule has 136 valence electrons. The van der Waals surface area contributed by atoms with Crippen molar-refractivity contribution in [3.8, 4) is 5.75 Å². The molecule has 2 aromatic carbocycles. The minimum atomic E-state index is -1.26. The first kappa shape index (κ1) is 18.3. The maximum Gasteiger partial charge on any atom is 0.266 e. The zero-order valence-electron chi connectivity index (χ0n) is 14.2. The number of carboxylic acid groups (broad SMARTS) is 1. The van der Waals surface area contributed by atoms with E-state index >= 15 is 0 Å². The molecule has 0 atom stereocenters. The van der Waals surface area contributed by atoms with Gasteiger partial charge in [-0.3, -0.25) is 9.59 Å². The van der Waals surface area contributed by atoms with Gasteiger partial charge in [-0.1, -0.05) is 24.3 Å². The summed E-state index contributed by atoms with van der Waals surface area (Å²) in [6.07, 6.45) is 2.99. The molecule has 0 aliphatic carbocycles. The number of benzene rings is 2. The van der Waals surface area contributed by atoms with Crippen molar-refractivity contribution >= 4 is 35.2 Å². The Morgan fingerprint density at radius 2 is 1.67 bits per heavy atom. The first-order valence-corrected chi connectivity index (χ1v) is 8.70. The van der Waals surface area contributed by atoms with Gasteiger partial charge in [0.25, 0.3) is 5.56 Å². The van der Waals surface area contributed by atoms with Gasteiger partial charge in [0.2, 0.25) is 0 Å². The molecule has 1 heterocycles. The number of hydrogen-bond donors (Lipinski definition) is 1. The molecule has 6 nitrogen and oxygen atoms in total. The van der Waals surface area contributed by atoms with Crippen LogP contribution in [0.3, 0.4) is 0 Å².